The molecule has 88 valence electrons. The van der Waals surface area contributed by atoms with E-state index in [0.717, 1.165) is 12.2 Å². The lowest BCUT2D eigenvalue weighted by Crippen LogP contribution is -2.35. The van der Waals surface area contributed by atoms with E-state index in [9.17, 15) is 4.79 Å². The molecular weight excluding hydrogens is 204 g/mol. The van der Waals surface area contributed by atoms with Crippen LogP contribution in [0.3, 0.4) is 0 Å². The topological polar surface area (TPSA) is 55.6 Å². The molecule has 2 N–H and O–H groups in total. The summed E-state index contributed by atoms with van der Waals surface area (Å²) in [4.78, 5) is 13.2. The summed E-state index contributed by atoms with van der Waals surface area (Å²) >= 11 is 0. The van der Waals surface area contributed by atoms with E-state index >= 15 is 0 Å². The minimum atomic E-state index is -0.545. The molecule has 16 heavy (non-hydrogen) atoms. The van der Waals surface area contributed by atoms with Crippen LogP contribution < -0.4 is 10.6 Å². The number of carbonyl (C=O) groups excluding carboxylic acids is 1. The zero-order chi connectivity index (χ0) is 12.0. The number of rotatable bonds is 5. The maximum absolute atomic E-state index is 11.1. The van der Waals surface area contributed by atoms with Gasteiger partial charge in [-0.25, -0.2) is 0 Å². The Kier molecular flexibility index (Phi) is 4.79. The van der Waals surface area contributed by atoms with Gasteiger partial charge in [0.1, 0.15) is 6.04 Å². The number of hydrogen-bond donors (Lipinski definition) is 1. The standard InChI is InChI=1S/C12H18N2O2/c1-14(10-6-4-3-5-7-10)9-8-11(13)12(15)16-2/h3-7,11H,8-9,13H2,1-2H3. The molecule has 0 bridgehead atoms. The van der Waals surface area contributed by atoms with Crippen LogP contribution in [-0.2, 0) is 9.53 Å². The van der Waals surface area contributed by atoms with E-state index < -0.39 is 6.04 Å². The fourth-order valence-electron chi connectivity index (χ4n) is 1.41. The van der Waals surface area contributed by atoms with Gasteiger partial charge in [0.05, 0.1) is 7.11 Å². The third kappa shape index (κ3) is 3.55. The van der Waals surface area contributed by atoms with Gasteiger partial charge in [0.15, 0.2) is 0 Å². The van der Waals surface area contributed by atoms with Gasteiger partial charge in [-0.2, -0.15) is 0 Å². The first-order chi connectivity index (χ1) is 7.65. The van der Waals surface area contributed by atoms with Crippen LogP contribution in [0.15, 0.2) is 30.3 Å². The van der Waals surface area contributed by atoms with Gasteiger partial charge in [0.25, 0.3) is 0 Å². The number of ether oxygens (including phenoxy) is 1. The summed E-state index contributed by atoms with van der Waals surface area (Å²) in [5.41, 5.74) is 6.76. The van der Waals surface area contributed by atoms with Gasteiger partial charge in [-0.05, 0) is 18.6 Å². The van der Waals surface area contributed by atoms with Crippen LogP contribution in [0.5, 0.6) is 0 Å². The average molecular weight is 222 g/mol. The number of hydrogen-bond acceptors (Lipinski definition) is 4. The molecule has 0 fully saturated rings. The van der Waals surface area contributed by atoms with Crippen LogP contribution in [0.25, 0.3) is 0 Å². The highest BCUT2D eigenvalue weighted by Gasteiger charge is 2.14. The van der Waals surface area contributed by atoms with Crippen molar-refractivity contribution in [2.45, 2.75) is 12.5 Å². The second-order valence-corrected chi connectivity index (χ2v) is 3.68. The number of nitrogens with zero attached hydrogens (tertiary/aromatic N) is 1. The Morgan fingerprint density at radius 3 is 2.62 bits per heavy atom. The number of anilines is 1. The smallest absolute Gasteiger partial charge is 0.322 e. The summed E-state index contributed by atoms with van der Waals surface area (Å²) in [6.07, 6.45) is 0.581. The summed E-state index contributed by atoms with van der Waals surface area (Å²) < 4.78 is 4.57. The van der Waals surface area contributed by atoms with E-state index in [1.807, 2.05) is 37.4 Å². The number of esters is 1. The Balaban J connectivity index is 2.41. The summed E-state index contributed by atoms with van der Waals surface area (Å²) in [7, 11) is 3.32. The van der Waals surface area contributed by atoms with Crippen molar-refractivity contribution < 1.29 is 9.53 Å². The third-order valence-corrected chi connectivity index (χ3v) is 2.48. The van der Waals surface area contributed by atoms with Crippen molar-refractivity contribution in [1.29, 1.82) is 0 Å². The molecular formula is C12H18N2O2. The predicted molar refractivity (Wildman–Crippen MR) is 64.3 cm³/mol. The molecule has 0 heterocycles. The van der Waals surface area contributed by atoms with Crippen molar-refractivity contribution in [1.82, 2.24) is 0 Å². The second-order valence-electron chi connectivity index (χ2n) is 3.68. The predicted octanol–water partition coefficient (Wildman–Crippen LogP) is 1.01. The molecule has 1 aromatic rings. The van der Waals surface area contributed by atoms with Crippen LogP contribution in [0.2, 0.25) is 0 Å². The summed E-state index contributed by atoms with van der Waals surface area (Å²) in [5, 5.41) is 0. The summed E-state index contributed by atoms with van der Waals surface area (Å²) in [5.74, 6) is -0.360. The lowest BCUT2D eigenvalue weighted by Gasteiger charge is -2.20. The third-order valence-electron chi connectivity index (χ3n) is 2.48. The fraction of sp³-hybridized carbons (Fsp3) is 0.417. The monoisotopic (exact) mass is 222 g/mol. The molecule has 0 spiro atoms. The quantitative estimate of drug-likeness (QED) is 0.755. The van der Waals surface area contributed by atoms with Crippen molar-refractivity contribution in [3.63, 3.8) is 0 Å². The Morgan fingerprint density at radius 2 is 2.06 bits per heavy atom. The van der Waals surface area contributed by atoms with Gasteiger partial charge in [0, 0.05) is 19.3 Å². The first kappa shape index (κ1) is 12.5. The van der Waals surface area contributed by atoms with Crippen LogP contribution >= 0.6 is 0 Å². The molecule has 4 nitrogen and oxygen atoms in total. The number of para-hydroxylation sites is 1. The molecule has 1 aromatic carbocycles. The summed E-state index contributed by atoms with van der Waals surface area (Å²) in [6, 6.07) is 9.42. The van der Waals surface area contributed by atoms with Gasteiger partial charge in [-0.15, -0.1) is 0 Å². The molecule has 0 amide bonds. The molecule has 1 unspecified atom stereocenters. The Hall–Kier alpha value is -1.55. The zero-order valence-electron chi connectivity index (χ0n) is 9.72. The second kappa shape index (κ2) is 6.12. The van der Waals surface area contributed by atoms with E-state index in [-0.39, 0.29) is 5.97 Å². The molecule has 0 saturated heterocycles. The van der Waals surface area contributed by atoms with Crippen molar-refractivity contribution in [3.8, 4) is 0 Å². The maximum atomic E-state index is 11.1. The molecule has 0 aliphatic rings. The van der Waals surface area contributed by atoms with Crippen molar-refractivity contribution in [2.75, 3.05) is 25.6 Å². The van der Waals surface area contributed by atoms with Crippen molar-refractivity contribution in [2.24, 2.45) is 5.73 Å². The Morgan fingerprint density at radius 1 is 1.44 bits per heavy atom. The van der Waals surface area contributed by atoms with E-state index in [1.165, 1.54) is 7.11 Å². The Labute approximate surface area is 96.0 Å². The van der Waals surface area contributed by atoms with Crippen LogP contribution in [0.1, 0.15) is 6.42 Å². The summed E-state index contributed by atoms with van der Waals surface area (Å²) in [6.45, 7) is 0.722. The highest BCUT2D eigenvalue weighted by atomic mass is 16.5. The van der Waals surface area contributed by atoms with Crippen LogP contribution in [0, 0.1) is 0 Å². The van der Waals surface area contributed by atoms with E-state index in [2.05, 4.69) is 9.64 Å². The van der Waals surface area contributed by atoms with Gasteiger partial charge in [-0.1, -0.05) is 18.2 Å². The number of benzene rings is 1. The van der Waals surface area contributed by atoms with Gasteiger partial charge in [-0.3, -0.25) is 4.79 Å². The Bertz CT molecular complexity index is 327. The van der Waals surface area contributed by atoms with Gasteiger partial charge < -0.3 is 15.4 Å². The molecule has 0 aliphatic carbocycles. The normalized spacial score (nSPS) is 11.9. The first-order valence-corrected chi connectivity index (χ1v) is 5.24. The average Bonchev–Trinajstić information content (AvgIpc) is 2.35. The number of carbonyl (C=O) groups is 1. The molecule has 1 atom stereocenters. The highest BCUT2D eigenvalue weighted by molar-refractivity contribution is 5.75. The maximum Gasteiger partial charge on any atom is 0.322 e. The molecule has 4 heteroatoms. The minimum absolute atomic E-state index is 0.360. The SMILES string of the molecule is COC(=O)C(N)CCN(C)c1ccccc1. The molecule has 1 rings (SSSR count). The largest absolute Gasteiger partial charge is 0.468 e. The van der Waals surface area contributed by atoms with E-state index in [0.29, 0.717) is 6.42 Å². The molecule has 0 aliphatic heterocycles. The fourth-order valence-corrected chi connectivity index (χ4v) is 1.41. The highest BCUT2D eigenvalue weighted by Crippen LogP contribution is 2.11. The molecule has 0 radical (unpaired) electrons. The van der Waals surface area contributed by atoms with E-state index in [4.69, 9.17) is 5.73 Å². The van der Waals surface area contributed by atoms with E-state index in [1.54, 1.807) is 0 Å². The number of nitrogens with two attached hydrogens (primary N) is 1. The van der Waals surface area contributed by atoms with Crippen LogP contribution in [0.4, 0.5) is 5.69 Å². The lowest BCUT2D eigenvalue weighted by atomic mass is 10.2. The van der Waals surface area contributed by atoms with Crippen molar-refractivity contribution >= 4 is 11.7 Å². The molecule has 0 aromatic heterocycles. The molecule has 0 saturated carbocycles. The lowest BCUT2D eigenvalue weighted by molar-refractivity contribution is -0.142. The van der Waals surface area contributed by atoms with Gasteiger partial charge in [0.2, 0.25) is 0 Å². The van der Waals surface area contributed by atoms with Gasteiger partial charge >= 0.3 is 5.97 Å². The van der Waals surface area contributed by atoms with Crippen molar-refractivity contribution in [3.05, 3.63) is 30.3 Å². The minimum Gasteiger partial charge on any atom is -0.468 e. The zero-order valence-corrected chi connectivity index (χ0v) is 9.72. The first-order valence-electron chi connectivity index (χ1n) is 5.24. The van der Waals surface area contributed by atoms with Crippen LogP contribution in [-0.4, -0.2) is 32.7 Å². The number of methoxy groups -OCH3 is 1.